The minimum atomic E-state index is -0.723. The van der Waals surface area contributed by atoms with Crippen molar-refractivity contribution in [2.24, 2.45) is 5.92 Å². The maximum Gasteiger partial charge on any atom is 0.242 e. The summed E-state index contributed by atoms with van der Waals surface area (Å²) in [4.78, 5) is 42.9. The summed E-state index contributed by atoms with van der Waals surface area (Å²) in [7, 11) is 3.05. The van der Waals surface area contributed by atoms with Crippen LogP contribution in [0.3, 0.4) is 0 Å². The highest BCUT2D eigenvalue weighted by Gasteiger charge is 2.36. The van der Waals surface area contributed by atoms with Crippen LogP contribution in [0.2, 0.25) is 0 Å². The molecule has 1 fully saturated rings. The molecule has 1 aromatic carbocycles. The van der Waals surface area contributed by atoms with Gasteiger partial charge in [0.15, 0.2) is 11.5 Å². The zero-order valence-corrected chi connectivity index (χ0v) is 17.8. The SMILES string of the molecule is COc1ccc(N2CC(C(=O)NC(C)C(=O)NCc3ccncc3)CC2=O)cc1OC. The third kappa shape index (κ3) is 5.30. The molecule has 0 saturated carbocycles. The molecule has 164 valence electrons. The van der Waals surface area contributed by atoms with Crippen LogP contribution in [0, 0.1) is 5.92 Å². The number of ether oxygens (including phenoxy) is 2. The van der Waals surface area contributed by atoms with Gasteiger partial charge in [0.25, 0.3) is 0 Å². The first-order valence-corrected chi connectivity index (χ1v) is 9.92. The number of pyridine rings is 1. The summed E-state index contributed by atoms with van der Waals surface area (Å²) >= 11 is 0. The fraction of sp³-hybridized carbons (Fsp3) is 0.364. The molecule has 1 saturated heterocycles. The molecule has 31 heavy (non-hydrogen) atoms. The molecule has 3 rings (SSSR count). The summed E-state index contributed by atoms with van der Waals surface area (Å²) in [6.45, 7) is 2.19. The number of carbonyl (C=O) groups excluding carboxylic acids is 3. The lowest BCUT2D eigenvalue weighted by atomic mass is 10.1. The topological polar surface area (TPSA) is 110 Å². The third-order valence-corrected chi connectivity index (χ3v) is 5.14. The Morgan fingerprint density at radius 1 is 1.16 bits per heavy atom. The molecule has 2 unspecified atom stereocenters. The van der Waals surface area contributed by atoms with Crippen molar-refractivity contribution in [3.05, 3.63) is 48.3 Å². The smallest absolute Gasteiger partial charge is 0.242 e. The Kier molecular flexibility index (Phi) is 7.07. The lowest BCUT2D eigenvalue weighted by molar-refractivity contribution is -0.131. The van der Waals surface area contributed by atoms with Gasteiger partial charge in [0.05, 0.1) is 20.1 Å². The molecule has 2 N–H and O–H groups in total. The largest absolute Gasteiger partial charge is 0.493 e. The van der Waals surface area contributed by atoms with Gasteiger partial charge in [-0.25, -0.2) is 0 Å². The quantitative estimate of drug-likeness (QED) is 0.658. The van der Waals surface area contributed by atoms with Crippen molar-refractivity contribution in [2.45, 2.75) is 25.9 Å². The van der Waals surface area contributed by atoms with Crippen molar-refractivity contribution >= 4 is 23.4 Å². The van der Waals surface area contributed by atoms with Crippen LogP contribution in [0.1, 0.15) is 18.9 Å². The molecule has 0 spiro atoms. The van der Waals surface area contributed by atoms with Gasteiger partial charge in [-0.05, 0) is 36.8 Å². The number of methoxy groups -OCH3 is 2. The molecule has 2 heterocycles. The molecular formula is C22H26N4O5. The number of nitrogens with zero attached hydrogens (tertiary/aromatic N) is 2. The number of benzene rings is 1. The van der Waals surface area contributed by atoms with E-state index < -0.39 is 12.0 Å². The fourth-order valence-electron chi connectivity index (χ4n) is 3.37. The second-order valence-corrected chi connectivity index (χ2v) is 7.25. The lowest BCUT2D eigenvalue weighted by Crippen LogP contribution is -2.46. The second-order valence-electron chi connectivity index (χ2n) is 7.25. The standard InChI is InChI=1S/C22H26N4O5/c1-14(21(28)24-12-15-6-8-23-9-7-15)25-22(29)16-10-20(27)26(13-16)17-4-5-18(30-2)19(11-17)31-3/h4-9,11,14,16H,10,12-13H2,1-3H3,(H,24,28)(H,25,29). The van der Waals surface area contributed by atoms with Gasteiger partial charge in [-0.2, -0.15) is 0 Å². The lowest BCUT2D eigenvalue weighted by Gasteiger charge is -2.19. The summed E-state index contributed by atoms with van der Waals surface area (Å²) in [6.07, 6.45) is 3.37. The Morgan fingerprint density at radius 2 is 1.87 bits per heavy atom. The molecule has 0 aliphatic carbocycles. The van der Waals surface area contributed by atoms with E-state index in [1.165, 1.54) is 14.2 Å². The van der Waals surface area contributed by atoms with Crippen molar-refractivity contribution in [1.82, 2.24) is 15.6 Å². The van der Waals surface area contributed by atoms with Gasteiger partial charge in [-0.3, -0.25) is 19.4 Å². The molecule has 1 aliphatic rings. The second kappa shape index (κ2) is 9.92. The van der Waals surface area contributed by atoms with E-state index in [0.29, 0.717) is 23.7 Å². The van der Waals surface area contributed by atoms with E-state index in [-0.39, 0.29) is 30.7 Å². The molecule has 2 aromatic rings. The molecule has 0 radical (unpaired) electrons. The van der Waals surface area contributed by atoms with Crippen LogP contribution in [-0.2, 0) is 20.9 Å². The van der Waals surface area contributed by atoms with Crippen LogP contribution >= 0.6 is 0 Å². The summed E-state index contributed by atoms with van der Waals surface area (Å²) in [5.74, 6) is -0.286. The first-order chi connectivity index (χ1) is 14.9. The van der Waals surface area contributed by atoms with E-state index in [2.05, 4.69) is 15.6 Å². The number of amides is 3. The Hall–Kier alpha value is -3.62. The summed E-state index contributed by atoms with van der Waals surface area (Å²) in [5.41, 5.74) is 1.54. The zero-order chi connectivity index (χ0) is 22.4. The Bertz CT molecular complexity index is 950. The predicted molar refractivity (Wildman–Crippen MR) is 114 cm³/mol. The monoisotopic (exact) mass is 426 g/mol. The van der Waals surface area contributed by atoms with Crippen molar-refractivity contribution in [3.63, 3.8) is 0 Å². The van der Waals surface area contributed by atoms with Gasteiger partial charge in [0, 0.05) is 43.7 Å². The van der Waals surface area contributed by atoms with E-state index in [1.54, 1.807) is 54.5 Å². The minimum Gasteiger partial charge on any atom is -0.493 e. The van der Waals surface area contributed by atoms with Gasteiger partial charge < -0.3 is 25.0 Å². The van der Waals surface area contributed by atoms with Crippen molar-refractivity contribution < 1.29 is 23.9 Å². The molecule has 3 amide bonds. The highest BCUT2D eigenvalue weighted by Crippen LogP contribution is 2.34. The van der Waals surface area contributed by atoms with Crippen LogP contribution in [0.25, 0.3) is 0 Å². The van der Waals surface area contributed by atoms with Gasteiger partial charge in [0.2, 0.25) is 17.7 Å². The van der Waals surface area contributed by atoms with E-state index in [9.17, 15) is 14.4 Å². The zero-order valence-electron chi connectivity index (χ0n) is 17.8. The normalized spacial score (nSPS) is 16.5. The number of carbonyl (C=O) groups is 3. The number of hydrogen-bond acceptors (Lipinski definition) is 6. The number of aromatic nitrogens is 1. The minimum absolute atomic E-state index is 0.0749. The van der Waals surface area contributed by atoms with Crippen LogP contribution in [0.5, 0.6) is 11.5 Å². The van der Waals surface area contributed by atoms with Crippen molar-refractivity contribution in [3.8, 4) is 11.5 Å². The van der Waals surface area contributed by atoms with E-state index in [0.717, 1.165) is 5.56 Å². The van der Waals surface area contributed by atoms with Crippen LogP contribution < -0.4 is 25.0 Å². The van der Waals surface area contributed by atoms with Gasteiger partial charge in [0.1, 0.15) is 6.04 Å². The average Bonchev–Trinajstić information content (AvgIpc) is 3.19. The predicted octanol–water partition coefficient (Wildman–Crippen LogP) is 1.27. The van der Waals surface area contributed by atoms with E-state index >= 15 is 0 Å². The summed E-state index contributed by atoms with van der Waals surface area (Å²) in [5, 5.41) is 5.48. The van der Waals surface area contributed by atoms with Gasteiger partial charge in [-0.15, -0.1) is 0 Å². The van der Waals surface area contributed by atoms with E-state index in [4.69, 9.17) is 9.47 Å². The Labute approximate surface area is 180 Å². The van der Waals surface area contributed by atoms with Crippen LogP contribution in [-0.4, -0.2) is 49.5 Å². The van der Waals surface area contributed by atoms with E-state index in [1.807, 2.05) is 0 Å². The molecule has 9 heteroatoms. The molecular weight excluding hydrogens is 400 g/mol. The molecule has 9 nitrogen and oxygen atoms in total. The number of hydrogen-bond donors (Lipinski definition) is 2. The maximum absolute atomic E-state index is 12.7. The summed E-state index contributed by atoms with van der Waals surface area (Å²) in [6, 6.07) is 8.04. The first kappa shape index (κ1) is 22.1. The number of nitrogens with one attached hydrogen (secondary N) is 2. The maximum atomic E-state index is 12.7. The highest BCUT2D eigenvalue weighted by molar-refractivity contribution is 6.01. The molecule has 1 aliphatic heterocycles. The van der Waals surface area contributed by atoms with Gasteiger partial charge >= 0.3 is 0 Å². The number of anilines is 1. The van der Waals surface area contributed by atoms with Crippen molar-refractivity contribution in [2.75, 3.05) is 25.7 Å². The van der Waals surface area contributed by atoms with Gasteiger partial charge in [-0.1, -0.05) is 0 Å². The van der Waals surface area contributed by atoms with Crippen LogP contribution in [0.15, 0.2) is 42.7 Å². The summed E-state index contributed by atoms with van der Waals surface area (Å²) < 4.78 is 10.5. The highest BCUT2D eigenvalue weighted by atomic mass is 16.5. The molecule has 1 aromatic heterocycles. The molecule has 0 bridgehead atoms. The number of rotatable bonds is 8. The van der Waals surface area contributed by atoms with Crippen LogP contribution in [0.4, 0.5) is 5.69 Å². The third-order valence-electron chi connectivity index (χ3n) is 5.14. The Balaban J connectivity index is 1.56. The fourth-order valence-corrected chi connectivity index (χ4v) is 3.37. The molecule has 2 atom stereocenters. The van der Waals surface area contributed by atoms with Crippen molar-refractivity contribution in [1.29, 1.82) is 0 Å². The average molecular weight is 426 g/mol. The Morgan fingerprint density at radius 3 is 2.55 bits per heavy atom. The first-order valence-electron chi connectivity index (χ1n) is 9.92.